The van der Waals surface area contributed by atoms with E-state index in [0.717, 1.165) is 35.3 Å². The van der Waals surface area contributed by atoms with Gasteiger partial charge in [-0.25, -0.2) is 4.79 Å². The summed E-state index contributed by atoms with van der Waals surface area (Å²) in [6, 6.07) is 4.36. The lowest BCUT2D eigenvalue weighted by atomic mass is 9.81. The van der Waals surface area contributed by atoms with Gasteiger partial charge in [0, 0.05) is 5.56 Å². The molecule has 0 spiro atoms. The normalized spacial score (nSPS) is 28.2. The van der Waals surface area contributed by atoms with Crippen molar-refractivity contribution in [2.75, 3.05) is 6.61 Å². The van der Waals surface area contributed by atoms with Crippen LogP contribution in [0.1, 0.15) is 54.6 Å². The summed E-state index contributed by atoms with van der Waals surface area (Å²) in [6.45, 7) is 7.06. The van der Waals surface area contributed by atoms with Gasteiger partial charge in [0.15, 0.2) is 12.4 Å². The predicted molar refractivity (Wildman–Crippen MR) is 109 cm³/mol. The Kier molecular flexibility index (Phi) is 5.28. The second kappa shape index (κ2) is 7.64. The van der Waals surface area contributed by atoms with Gasteiger partial charge in [-0.3, -0.25) is 19.3 Å². The average molecular weight is 411 g/mol. The minimum absolute atomic E-state index is 0.228. The van der Waals surface area contributed by atoms with E-state index in [4.69, 9.17) is 4.74 Å². The summed E-state index contributed by atoms with van der Waals surface area (Å²) in [5.41, 5.74) is 2.54. The summed E-state index contributed by atoms with van der Waals surface area (Å²) in [4.78, 5) is 52.7. The van der Waals surface area contributed by atoms with Crippen LogP contribution in [-0.4, -0.2) is 41.1 Å². The largest absolute Gasteiger partial charge is 0.456 e. The van der Waals surface area contributed by atoms with Crippen LogP contribution in [0.25, 0.3) is 0 Å². The molecule has 30 heavy (non-hydrogen) atoms. The molecule has 0 radical (unpaired) electrons. The van der Waals surface area contributed by atoms with Crippen molar-refractivity contribution in [1.29, 1.82) is 0 Å². The standard InChI is InChI=1S/C24H29NO5/c1-12(2)21(24(29)30-11-18(26)15-6-5-13(3)14(4)9-15)25-22(27)19-16-7-8-17(10-16)20(19)23(25)28/h5-6,9,12,16-17,19-21H,7-8,10-11H2,1-4H3/t16-,17-,19-,20-,21-/m0/s1. The summed E-state index contributed by atoms with van der Waals surface area (Å²) in [7, 11) is 0. The van der Waals surface area contributed by atoms with Crippen LogP contribution in [-0.2, 0) is 19.1 Å². The number of Topliss-reactive ketones (excluding diaryl/α,β-unsaturated/α-hetero) is 1. The molecule has 5 atom stereocenters. The molecule has 2 bridgehead atoms. The van der Waals surface area contributed by atoms with E-state index in [1.165, 1.54) is 0 Å². The second-order valence-electron chi connectivity index (χ2n) is 9.45. The van der Waals surface area contributed by atoms with Gasteiger partial charge in [0.2, 0.25) is 11.8 Å². The van der Waals surface area contributed by atoms with Crippen LogP contribution >= 0.6 is 0 Å². The van der Waals surface area contributed by atoms with Crippen molar-refractivity contribution in [3.05, 3.63) is 34.9 Å². The molecule has 1 aromatic rings. The number of likely N-dealkylation sites (tertiary alicyclic amines) is 1. The van der Waals surface area contributed by atoms with Gasteiger partial charge in [-0.05, 0) is 68.1 Å². The van der Waals surface area contributed by atoms with Crippen LogP contribution < -0.4 is 0 Å². The Balaban J connectivity index is 1.47. The highest BCUT2D eigenvalue weighted by Crippen LogP contribution is 2.56. The number of ether oxygens (including phenoxy) is 1. The maximum Gasteiger partial charge on any atom is 0.330 e. The Morgan fingerprint density at radius 2 is 1.63 bits per heavy atom. The van der Waals surface area contributed by atoms with E-state index < -0.39 is 18.6 Å². The Labute approximate surface area is 177 Å². The molecule has 2 amide bonds. The molecule has 2 aliphatic carbocycles. The fourth-order valence-electron chi connectivity index (χ4n) is 5.60. The second-order valence-corrected chi connectivity index (χ2v) is 9.45. The predicted octanol–water partition coefficient (Wildman–Crippen LogP) is 3.09. The Bertz CT molecular complexity index is 892. The van der Waals surface area contributed by atoms with Gasteiger partial charge in [-0.15, -0.1) is 0 Å². The first-order valence-electron chi connectivity index (χ1n) is 10.8. The number of hydrogen-bond donors (Lipinski definition) is 0. The van der Waals surface area contributed by atoms with Crippen LogP contribution in [0, 0.1) is 43.4 Å². The molecule has 0 aromatic heterocycles. The maximum atomic E-state index is 13.1. The molecule has 3 fully saturated rings. The summed E-state index contributed by atoms with van der Waals surface area (Å²) in [5, 5.41) is 0. The first-order valence-corrected chi connectivity index (χ1v) is 10.8. The number of fused-ring (bicyclic) bond motifs is 5. The summed E-state index contributed by atoms with van der Waals surface area (Å²) < 4.78 is 5.32. The zero-order valence-electron chi connectivity index (χ0n) is 18.0. The third-order valence-electron chi connectivity index (χ3n) is 7.29. The fourth-order valence-corrected chi connectivity index (χ4v) is 5.60. The molecular formula is C24H29NO5. The molecule has 2 saturated carbocycles. The Hall–Kier alpha value is -2.50. The Morgan fingerprint density at radius 1 is 1.03 bits per heavy atom. The van der Waals surface area contributed by atoms with Crippen molar-refractivity contribution in [3.63, 3.8) is 0 Å². The van der Waals surface area contributed by atoms with Gasteiger partial charge in [-0.2, -0.15) is 0 Å². The number of esters is 1. The van der Waals surface area contributed by atoms with E-state index in [2.05, 4.69) is 0 Å². The van der Waals surface area contributed by atoms with Crippen molar-refractivity contribution in [2.24, 2.45) is 29.6 Å². The van der Waals surface area contributed by atoms with E-state index in [9.17, 15) is 19.2 Å². The van der Waals surface area contributed by atoms with Crippen LogP contribution in [0.4, 0.5) is 0 Å². The number of carbonyl (C=O) groups excluding carboxylic acids is 4. The highest BCUT2D eigenvalue weighted by Gasteiger charge is 2.62. The van der Waals surface area contributed by atoms with Crippen molar-refractivity contribution in [1.82, 2.24) is 4.90 Å². The maximum absolute atomic E-state index is 13.1. The minimum Gasteiger partial charge on any atom is -0.456 e. The van der Waals surface area contributed by atoms with E-state index in [0.29, 0.717) is 5.56 Å². The van der Waals surface area contributed by atoms with E-state index in [1.54, 1.807) is 26.0 Å². The molecule has 1 aliphatic heterocycles. The quantitative estimate of drug-likeness (QED) is 0.408. The third-order valence-corrected chi connectivity index (χ3v) is 7.29. The molecular weight excluding hydrogens is 382 g/mol. The van der Waals surface area contributed by atoms with Crippen LogP contribution in [0.15, 0.2) is 18.2 Å². The van der Waals surface area contributed by atoms with Gasteiger partial charge < -0.3 is 4.74 Å². The molecule has 6 nitrogen and oxygen atoms in total. The summed E-state index contributed by atoms with van der Waals surface area (Å²) in [6.07, 6.45) is 2.92. The van der Waals surface area contributed by atoms with E-state index in [1.807, 2.05) is 19.9 Å². The van der Waals surface area contributed by atoms with E-state index >= 15 is 0 Å². The number of rotatable bonds is 6. The third kappa shape index (κ3) is 3.26. The molecule has 0 unspecified atom stereocenters. The number of amides is 2. The van der Waals surface area contributed by atoms with Crippen LogP contribution in [0.2, 0.25) is 0 Å². The number of aryl methyl sites for hydroxylation is 2. The van der Waals surface area contributed by atoms with Crippen molar-refractivity contribution in [2.45, 2.75) is 53.0 Å². The topological polar surface area (TPSA) is 80.8 Å². The van der Waals surface area contributed by atoms with Gasteiger partial charge in [0.1, 0.15) is 6.04 Å². The van der Waals surface area contributed by atoms with Gasteiger partial charge in [0.05, 0.1) is 11.8 Å². The molecule has 1 saturated heterocycles. The molecule has 4 rings (SSSR count). The number of ketones is 1. The van der Waals surface area contributed by atoms with Gasteiger partial charge >= 0.3 is 5.97 Å². The van der Waals surface area contributed by atoms with Gasteiger partial charge in [-0.1, -0.05) is 26.0 Å². The molecule has 160 valence electrons. The van der Waals surface area contributed by atoms with Crippen LogP contribution in [0.5, 0.6) is 0 Å². The number of imide groups is 1. The number of hydrogen-bond acceptors (Lipinski definition) is 5. The van der Waals surface area contributed by atoms with Crippen molar-refractivity contribution < 1.29 is 23.9 Å². The monoisotopic (exact) mass is 411 g/mol. The Morgan fingerprint density at radius 3 is 2.17 bits per heavy atom. The zero-order chi connectivity index (χ0) is 21.7. The molecule has 6 heteroatoms. The van der Waals surface area contributed by atoms with Gasteiger partial charge in [0.25, 0.3) is 0 Å². The highest BCUT2D eigenvalue weighted by atomic mass is 16.5. The molecule has 0 N–H and O–H groups in total. The number of carbonyl (C=O) groups is 4. The summed E-state index contributed by atoms with van der Waals surface area (Å²) in [5.74, 6) is -1.77. The van der Waals surface area contributed by atoms with Crippen LogP contribution in [0.3, 0.4) is 0 Å². The summed E-state index contributed by atoms with van der Waals surface area (Å²) >= 11 is 0. The lowest BCUT2D eigenvalue weighted by Crippen LogP contribution is -2.50. The molecule has 3 aliphatic rings. The lowest BCUT2D eigenvalue weighted by Gasteiger charge is -2.28. The number of nitrogens with zero attached hydrogens (tertiary/aromatic N) is 1. The lowest BCUT2D eigenvalue weighted by molar-refractivity contribution is -0.160. The first kappa shape index (κ1) is 20.8. The fraction of sp³-hybridized carbons (Fsp3) is 0.583. The minimum atomic E-state index is -0.984. The van der Waals surface area contributed by atoms with Crippen molar-refractivity contribution in [3.8, 4) is 0 Å². The first-order chi connectivity index (χ1) is 14.2. The molecule has 1 heterocycles. The van der Waals surface area contributed by atoms with E-state index in [-0.39, 0.29) is 47.2 Å². The average Bonchev–Trinajstić information content (AvgIpc) is 3.38. The zero-order valence-corrected chi connectivity index (χ0v) is 18.0. The smallest absolute Gasteiger partial charge is 0.330 e. The van der Waals surface area contributed by atoms with Crippen molar-refractivity contribution >= 4 is 23.6 Å². The highest BCUT2D eigenvalue weighted by molar-refractivity contribution is 6.09. The molecule has 1 aromatic carbocycles. The SMILES string of the molecule is Cc1ccc(C(=O)COC(=O)[C@H](C(C)C)N2C(=O)[C@H]3[C@H]4CC[C@@H](C4)[C@@H]3C2=O)cc1C. The number of benzene rings is 1.